The van der Waals surface area contributed by atoms with Gasteiger partial charge in [0.05, 0.1) is 25.6 Å². The minimum absolute atomic E-state index is 0.0547. The largest absolute Gasteiger partial charge is 0.497 e. The van der Waals surface area contributed by atoms with Gasteiger partial charge in [0.25, 0.3) is 5.91 Å². The van der Waals surface area contributed by atoms with Gasteiger partial charge in [-0.1, -0.05) is 11.3 Å². The van der Waals surface area contributed by atoms with Gasteiger partial charge in [-0.25, -0.2) is 9.07 Å². The summed E-state index contributed by atoms with van der Waals surface area (Å²) in [6.45, 7) is 3.06. The Kier molecular flexibility index (Phi) is 6.49. The van der Waals surface area contributed by atoms with E-state index in [1.165, 1.54) is 25.0 Å². The van der Waals surface area contributed by atoms with Gasteiger partial charge in [-0.3, -0.25) is 9.59 Å². The summed E-state index contributed by atoms with van der Waals surface area (Å²) >= 11 is 0. The van der Waals surface area contributed by atoms with E-state index in [-0.39, 0.29) is 12.2 Å². The maximum atomic E-state index is 13.7. The normalized spacial score (nSPS) is 10.5. The number of aryl methyl sites for hydroxylation is 1. The molecule has 9 nitrogen and oxygen atoms in total. The van der Waals surface area contributed by atoms with E-state index in [4.69, 9.17) is 9.47 Å². The molecule has 0 atom stereocenters. The van der Waals surface area contributed by atoms with Crippen LogP contribution in [0.1, 0.15) is 21.7 Å². The maximum Gasteiger partial charge on any atom is 0.278 e. The second kappa shape index (κ2) is 9.24. The van der Waals surface area contributed by atoms with Gasteiger partial charge in [-0.05, 0) is 43.7 Å². The van der Waals surface area contributed by atoms with Crippen LogP contribution in [0.3, 0.4) is 0 Å². The smallest absolute Gasteiger partial charge is 0.278 e. The number of anilines is 2. The Morgan fingerprint density at radius 1 is 1.06 bits per heavy atom. The molecule has 0 saturated carbocycles. The molecule has 0 fully saturated rings. The molecule has 10 heteroatoms. The van der Waals surface area contributed by atoms with Gasteiger partial charge in [-0.2, -0.15) is 0 Å². The summed E-state index contributed by atoms with van der Waals surface area (Å²) in [6.07, 6.45) is 0. The van der Waals surface area contributed by atoms with Gasteiger partial charge in [0.1, 0.15) is 23.9 Å². The van der Waals surface area contributed by atoms with Gasteiger partial charge in [0, 0.05) is 11.8 Å². The quantitative estimate of drug-likeness (QED) is 0.600. The Labute approximate surface area is 178 Å². The first kappa shape index (κ1) is 21.8. The Morgan fingerprint density at radius 2 is 1.84 bits per heavy atom. The molecule has 0 aliphatic heterocycles. The summed E-state index contributed by atoms with van der Waals surface area (Å²) in [5, 5.41) is 13.1. The lowest BCUT2D eigenvalue weighted by Gasteiger charge is -2.11. The lowest BCUT2D eigenvalue weighted by molar-refractivity contribution is -0.117. The first-order valence-electron chi connectivity index (χ1n) is 9.32. The zero-order valence-corrected chi connectivity index (χ0v) is 17.5. The van der Waals surface area contributed by atoms with E-state index >= 15 is 0 Å². The van der Waals surface area contributed by atoms with Crippen LogP contribution in [0, 0.1) is 19.7 Å². The van der Waals surface area contributed by atoms with Gasteiger partial charge in [0.15, 0.2) is 5.69 Å². The van der Waals surface area contributed by atoms with Crippen molar-refractivity contribution in [3.8, 4) is 11.5 Å². The van der Waals surface area contributed by atoms with Crippen LogP contribution in [0.4, 0.5) is 15.8 Å². The molecule has 0 bridgehead atoms. The number of ether oxygens (including phenoxy) is 2. The average molecular weight is 427 g/mol. The molecule has 3 aromatic rings. The van der Waals surface area contributed by atoms with Crippen molar-refractivity contribution in [2.75, 3.05) is 24.9 Å². The zero-order valence-electron chi connectivity index (χ0n) is 17.5. The van der Waals surface area contributed by atoms with Crippen molar-refractivity contribution in [2.45, 2.75) is 20.4 Å². The SMILES string of the molecule is COc1ccc(OC)c(NC(=O)c2nnn(CC(=O)Nc3ccc(C)c(F)c3)c2C)c1. The molecule has 2 amide bonds. The summed E-state index contributed by atoms with van der Waals surface area (Å²) in [6, 6.07) is 9.39. The maximum absolute atomic E-state index is 13.7. The molecule has 3 rings (SSSR count). The van der Waals surface area contributed by atoms with E-state index in [1.807, 2.05) is 0 Å². The molecule has 2 aromatic carbocycles. The van der Waals surface area contributed by atoms with Crippen molar-refractivity contribution in [2.24, 2.45) is 0 Å². The minimum atomic E-state index is -0.517. The van der Waals surface area contributed by atoms with Crippen LogP contribution in [-0.4, -0.2) is 41.0 Å². The number of nitrogens with zero attached hydrogens (tertiary/aromatic N) is 3. The number of carbonyl (C=O) groups excluding carboxylic acids is 2. The Morgan fingerprint density at radius 3 is 2.52 bits per heavy atom. The van der Waals surface area contributed by atoms with Crippen LogP contribution in [-0.2, 0) is 11.3 Å². The molecule has 1 aromatic heterocycles. The second-order valence-corrected chi connectivity index (χ2v) is 6.71. The molecule has 0 spiro atoms. The van der Waals surface area contributed by atoms with Gasteiger partial charge in [0.2, 0.25) is 5.91 Å². The van der Waals surface area contributed by atoms with Crippen LogP contribution in [0.25, 0.3) is 0 Å². The molecule has 0 unspecified atom stereocenters. The lowest BCUT2D eigenvalue weighted by Crippen LogP contribution is -2.21. The van der Waals surface area contributed by atoms with Crippen molar-refractivity contribution in [1.82, 2.24) is 15.0 Å². The number of benzene rings is 2. The van der Waals surface area contributed by atoms with Crippen molar-refractivity contribution in [3.05, 3.63) is 59.2 Å². The third kappa shape index (κ3) is 4.97. The predicted molar refractivity (Wildman–Crippen MR) is 112 cm³/mol. The highest BCUT2D eigenvalue weighted by molar-refractivity contribution is 6.04. The Hall–Kier alpha value is -3.95. The van der Waals surface area contributed by atoms with Gasteiger partial charge < -0.3 is 20.1 Å². The molecule has 0 aliphatic carbocycles. The molecular weight excluding hydrogens is 405 g/mol. The van der Waals surface area contributed by atoms with Crippen LogP contribution < -0.4 is 20.1 Å². The highest BCUT2D eigenvalue weighted by Crippen LogP contribution is 2.29. The van der Waals surface area contributed by atoms with E-state index in [0.717, 1.165) is 0 Å². The molecule has 31 heavy (non-hydrogen) atoms. The van der Waals surface area contributed by atoms with Gasteiger partial charge >= 0.3 is 0 Å². The van der Waals surface area contributed by atoms with Crippen LogP contribution in [0.15, 0.2) is 36.4 Å². The standard InChI is InChI=1S/C21H22FN5O4/c1-12-5-6-14(9-16(12)22)23-19(28)11-27-13(2)20(25-26-27)21(29)24-17-10-15(30-3)7-8-18(17)31-4/h5-10H,11H2,1-4H3,(H,23,28)(H,24,29). The fraction of sp³-hybridized carbons (Fsp3) is 0.238. The first-order valence-corrected chi connectivity index (χ1v) is 9.32. The summed E-state index contributed by atoms with van der Waals surface area (Å²) in [7, 11) is 3.00. The van der Waals surface area contributed by atoms with E-state index in [0.29, 0.717) is 34.1 Å². The van der Waals surface area contributed by atoms with Crippen molar-refractivity contribution < 1.29 is 23.5 Å². The molecule has 0 saturated heterocycles. The van der Waals surface area contributed by atoms with E-state index in [1.54, 1.807) is 44.2 Å². The lowest BCUT2D eigenvalue weighted by atomic mass is 10.2. The topological polar surface area (TPSA) is 107 Å². The highest BCUT2D eigenvalue weighted by atomic mass is 19.1. The Balaban J connectivity index is 1.71. The molecule has 0 radical (unpaired) electrons. The number of halogens is 1. The fourth-order valence-corrected chi connectivity index (χ4v) is 2.82. The van der Waals surface area contributed by atoms with Crippen LogP contribution >= 0.6 is 0 Å². The number of aromatic nitrogens is 3. The van der Waals surface area contributed by atoms with Crippen LogP contribution in [0.5, 0.6) is 11.5 Å². The fourth-order valence-electron chi connectivity index (χ4n) is 2.82. The molecule has 162 valence electrons. The summed E-state index contributed by atoms with van der Waals surface area (Å²) < 4.78 is 25.4. The monoisotopic (exact) mass is 427 g/mol. The van der Waals surface area contributed by atoms with Crippen molar-refractivity contribution in [1.29, 1.82) is 0 Å². The second-order valence-electron chi connectivity index (χ2n) is 6.71. The third-order valence-corrected chi connectivity index (χ3v) is 4.60. The summed E-state index contributed by atoms with van der Waals surface area (Å²) in [5.41, 5.74) is 1.66. The Bertz CT molecular complexity index is 1130. The van der Waals surface area contributed by atoms with Crippen molar-refractivity contribution >= 4 is 23.2 Å². The number of nitrogens with one attached hydrogen (secondary N) is 2. The number of methoxy groups -OCH3 is 2. The average Bonchev–Trinajstić information content (AvgIpc) is 3.10. The zero-order chi connectivity index (χ0) is 22.5. The number of carbonyl (C=O) groups is 2. The number of hydrogen-bond donors (Lipinski definition) is 2. The molecule has 1 heterocycles. The minimum Gasteiger partial charge on any atom is -0.497 e. The van der Waals surface area contributed by atoms with E-state index < -0.39 is 17.6 Å². The van der Waals surface area contributed by atoms with Gasteiger partial charge in [-0.15, -0.1) is 5.10 Å². The third-order valence-electron chi connectivity index (χ3n) is 4.60. The van der Waals surface area contributed by atoms with Crippen LogP contribution in [0.2, 0.25) is 0 Å². The highest BCUT2D eigenvalue weighted by Gasteiger charge is 2.20. The predicted octanol–water partition coefficient (Wildman–Crippen LogP) is 2.94. The number of hydrogen-bond acceptors (Lipinski definition) is 6. The summed E-state index contributed by atoms with van der Waals surface area (Å²) in [4.78, 5) is 25.0. The number of rotatable bonds is 7. The molecular formula is C21H22FN5O4. The van der Waals surface area contributed by atoms with E-state index in [2.05, 4.69) is 20.9 Å². The number of amides is 2. The van der Waals surface area contributed by atoms with E-state index in [9.17, 15) is 14.0 Å². The summed E-state index contributed by atoms with van der Waals surface area (Å²) in [5.74, 6) is -0.375. The molecule has 0 aliphatic rings. The molecule has 2 N–H and O–H groups in total. The van der Waals surface area contributed by atoms with Crippen molar-refractivity contribution in [3.63, 3.8) is 0 Å². The first-order chi connectivity index (χ1) is 14.8.